The summed E-state index contributed by atoms with van der Waals surface area (Å²) < 4.78 is 5.62. The van der Waals surface area contributed by atoms with E-state index in [0.717, 1.165) is 5.56 Å². The highest BCUT2D eigenvalue weighted by Crippen LogP contribution is 2.22. The topological polar surface area (TPSA) is 92.8 Å². The number of benzene rings is 2. The maximum Gasteiger partial charge on any atom is 0.323 e. The summed E-state index contributed by atoms with van der Waals surface area (Å²) in [6.07, 6.45) is -1.28. The lowest BCUT2D eigenvalue weighted by atomic mass is 10.0. The highest BCUT2D eigenvalue weighted by Gasteiger charge is 2.23. The van der Waals surface area contributed by atoms with Gasteiger partial charge in [0.2, 0.25) is 0 Å². The summed E-state index contributed by atoms with van der Waals surface area (Å²) in [6.45, 7) is 0.394. The molecule has 2 atom stereocenters. The smallest absolute Gasteiger partial charge is 0.323 e. The minimum Gasteiger partial charge on any atom is -0.489 e. The van der Waals surface area contributed by atoms with E-state index < -0.39 is 18.1 Å². The van der Waals surface area contributed by atoms with Crippen LogP contribution in [0.1, 0.15) is 17.2 Å². The van der Waals surface area contributed by atoms with E-state index in [1.54, 1.807) is 24.3 Å². The Morgan fingerprint density at radius 1 is 1.14 bits per heavy atom. The van der Waals surface area contributed by atoms with E-state index in [1.807, 2.05) is 30.3 Å². The lowest BCUT2D eigenvalue weighted by Gasteiger charge is -2.16. The van der Waals surface area contributed by atoms with E-state index in [0.29, 0.717) is 17.9 Å². The molecule has 0 aromatic heterocycles. The molecule has 0 bridgehead atoms. The summed E-state index contributed by atoms with van der Waals surface area (Å²) in [4.78, 5) is 10.8. The molecule has 0 saturated heterocycles. The second-order valence-electron chi connectivity index (χ2n) is 4.66. The lowest BCUT2D eigenvalue weighted by molar-refractivity contribution is -0.141. The fourth-order valence-corrected chi connectivity index (χ4v) is 1.87. The van der Waals surface area contributed by atoms with Crippen LogP contribution in [-0.4, -0.2) is 22.2 Å². The van der Waals surface area contributed by atoms with Crippen molar-refractivity contribution >= 4 is 5.97 Å². The molecule has 0 heterocycles. The molecule has 0 aliphatic heterocycles. The first-order valence-corrected chi connectivity index (χ1v) is 6.51. The molecule has 0 aliphatic rings. The number of aliphatic carboxylic acids is 1. The second kappa shape index (κ2) is 6.88. The van der Waals surface area contributed by atoms with Crippen LogP contribution in [0.3, 0.4) is 0 Å². The van der Waals surface area contributed by atoms with Gasteiger partial charge in [-0.15, -0.1) is 0 Å². The Bertz CT molecular complexity index is 600. The van der Waals surface area contributed by atoms with Gasteiger partial charge in [0.1, 0.15) is 24.5 Å². The maximum absolute atomic E-state index is 10.8. The molecule has 2 unspecified atom stereocenters. The summed E-state index contributed by atoms with van der Waals surface area (Å²) in [6, 6.07) is 14.9. The molecular formula is C16H17NO4. The maximum atomic E-state index is 10.8. The number of carbonyl (C=O) groups is 1. The normalized spacial score (nSPS) is 13.4. The van der Waals surface area contributed by atoms with Crippen molar-refractivity contribution in [2.45, 2.75) is 18.8 Å². The van der Waals surface area contributed by atoms with Gasteiger partial charge in [0.25, 0.3) is 0 Å². The number of ether oxygens (including phenoxy) is 1. The molecule has 110 valence electrons. The number of carboxylic acid groups (broad SMARTS) is 1. The molecule has 0 spiro atoms. The lowest BCUT2D eigenvalue weighted by Crippen LogP contribution is -2.36. The average Bonchev–Trinajstić information content (AvgIpc) is 2.52. The van der Waals surface area contributed by atoms with Crippen LogP contribution in [0, 0.1) is 0 Å². The van der Waals surface area contributed by atoms with Gasteiger partial charge in [-0.1, -0.05) is 42.5 Å². The Hall–Kier alpha value is -2.37. The third kappa shape index (κ3) is 4.05. The summed E-state index contributed by atoms with van der Waals surface area (Å²) in [5.74, 6) is -0.703. The van der Waals surface area contributed by atoms with Crippen molar-refractivity contribution in [2.24, 2.45) is 5.73 Å². The summed E-state index contributed by atoms with van der Waals surface area (Å²) >= 11 is 0. The fraction of sp³-hybridized carbons (Fsp3) is 0.188. The van der Waals surface area contributed by atoms with Gasteiger partial charge in [-0.2, -0.15) is 0 Å². The Morgan fingerprint density at radius 2 is 1.86 bits per heavy atom. The molecule has 5 heteroatoms. The van der Waals surface area contributed by atoms with Crippen molar-refractivity contribution in [3.05, 3.63) is 65.7 Å². The van der Waals surface area contributed by atoms with Crippen LogP contribution in [0.2, 0.25) is 0 Å². The quantitative estimate of drug-likeness (QED) is 0.752. The summed E-state index contributed by atoms with van der Waals surface area (Å²) in [7, 11) is 0. The predicted molar refractivity (Wildman–Crippen MR) is 77.8 cm³/mol. The monoisotopic (exact) mass is 287 g/mol. The minimum atomic E-state index is -1.37. The SMILES string of the molecule is NC(C(=O)O)C(O)c1cccc(OCc2ccccc2)c1. The molecule has 2 rings (SSSR count). The summed E-state index contributed by atoms with van der Waals surface area (Å²) in [5.41, 5.74) is 6.85. The molecule has 2 aromatic rings. The number of rotatable bonds is 6. The third-order valence-electron chi connectivity index (χ3n) is 3.07. The Labute approximate surface area is 122 Å². The van der Waals surface area contributed by atoms with Crippen molar-refractivity contribution in [3.8, 4) is 5.75 Å². The van der Waals surface area contributed by atoms with Crippen LogP contribution in [0.5, 0.6) is 5.75 Å². The van der Waals surface area contributed by atoms with Crippen LogP contribution in [0.25, 0.3) is 0 Å². The van der Waals surface area contributed by atoms with Gasteiger partial charge in [-0.3, -0.25) is 4.79 Å². The zero-order valence-corrected chi connectivity index (χ0v) is 11.3. The van der Waals surface area contributed by atoms with Crippen molar-refractivity contribution < 1.29 is 19.7 Å². The van der Waals surface area contributed by atoms with Crippen molar-refractivity contribution in [3.63, 3.8) is 0 Å². The fourth-order valence-electron chi connectivity index (χ4n) is 1.87. The van der Waals surface area contributed by atoms with E-state index in [9.17, 15) is 9.90 Å². The minimum absolute atomic E-state index is 0.394. The van der Waals surface area contributed by atoms with E-state index in [1.165, 1.54) is 0 Å². The van der Waals surface area contributed by atoms with Gasteiger partial charge >= 0.3 is 5.97 Å². The zero-order chi connectivity index (χ0) is 15.2. The molecule has 0 radical (unpaired) electrons. The van der Waals surface area contributed by atoms with Crippen LogP contribution >= 0.6 is 0 Å². The molecule has 2 aromatic carbocycles. The van der Waals surface area contributed by atoms with Crippen LogP contribution < -0.4 is 10.5 Å². The number of aliphatic hydroxyl groups is 1. The number of nitrogens with two attached hydrogens (primary N) is 1. The van der Waals surface area contributed by atoms with E-state index >= 15 is 0 Å². The molecule has 0 saturated carbocycles. The van der Waals surface area contributed by atoms with Crippen LogP contribution in [-0.2, 0) is 11.4 Å². The van der Waals surface area contributed by atoms with Gasteiger partial charge in [-0.05, 0) is 23.3 Å². The molecule has 21 heavy (non-hydrogen) atoms. The first-order valence-electron chi connectivity index (χ1n) is 6.51. The molecule has 0 amide bonds. The van der Waals surface area contributed by atoms with Gasteiger partial charge in [0, 0.05) is 0 Å². The largest absolute Gasteiger partial charge is 0.489 e. The average molecular weight is 287 g/mol. The van der Waals surface area contributed by atoms with E-state index in [-0.39, 0.29) is 0 Å². The predicted octanol–water partition coefficient (Wildman–Crippen LogP) is 1.71. The number of aliphatic hydroxyl groups excluding tert-OH is 1. The van der Waals surface area contributed by atoms with E-state index in [2.05, 4.69) is 0 Å². The first kappa shape index (κ1) is 15.0. The molecule has 5 nitrogen and oxygen atoms in total. The van der Waals surface area contributed by atoms with E-state index in [4.69, 9.17) is 15.6 Å². The standard InChI is InChI=1S/C16H17NO4/c17-14(16(19)20)15(18)12-7-4-8-13(9-12)21-10-11-5-2-1-3-6-11/h1-9,14-15,18H,10,17H2,(H,19,20). The molecule has 0 fully saturated rings. The molecule has 4 N–H and O–H groups in total. The second-order valence-corrected chi connectivity index (χ2v) is 4.66. The summed E-state index contributed by atoms with van der Waals surface area (Å²) in [5, 5.41) is 18.7. The van der Waals surface area contributed by atoms with Crippen molar-refractivity contribution in [1.29, 1.82) is 0 Å². The third-order valence-corrected chi connectivity index (χ3v) is 3.07. The number of hydrogen-bond acceptors (Lipinski definition) is 4. The van der Waals surface area contributed by atoms with Gasteiger partial charge < -0.3 is 20.7 Å². The zero-order valence-electron chi connectivity index (χ0n) is 11.3. The van der Waals surface area contributed by atoms with Gasteiger partial charge in [0.05, 0.1) is 0 Å². The van der Waals surface area contributed by atoms with Crippen LogP contribution in [0.15, 0.2) is 54.6 Å². The van der Waals surface area contributed by atoms with Crippen LogP contribution in [0.4, 0.5) is 0 Å². The highest BCUT2D eigenvalue weighted by atomic mass is 16.5. The molecular weight excluding hydrogens is 270 g/mol. The van der Waals surface area contributed by atoms with Crippen molar-refractivity contribution in [1.82, 2.24) is 0 Å². The Morgan fingerprint density at radius 3 is 2.52 bits per heavy atom. The van der Waals surface area contributed by atoms with Crippen molar-refractivity contribution in [2.75, 3.05) is 0 Å². The Kier molecular flexibility index (Phi) is 4.92. The number of carboxylic acids is 1. The number of hydrogen-bond donors (Lipinski definition) is 3. The highest BCUT2D eigenvalue weighted by molar-refractivity contribution is 5.74. The van der Waals surface area contributed by atoms with Gasteiger partial charge in [0.15, 0.2) is 0 Å². The van der Waals surface area contributed by atoms with Gasteiger partial charge in [-0.25, -0.2) is 0 Å². The first-order chi connectivity index (χ1) is 10.1. The molecule has 0 aliphatic carbocycles. The Balaban J connectivity index is 2.05.